The van der Waals surface area contributed by atoms with Crippen LogP contribution >= 0.6 is 0 Å². The molecule has 0 saturated heterocycles. The number of anilines is 1. The van der Waals surface area contributed by atoms with Crippen molar-refractivity contribution in [3.63, 3.8) is 0 Å². The SMILES string of the molecule is C=CCN(c1ccc(C)cc1C)S(=O)(=O)c1ccccc1. The molecule has 2 aromatic carbocycles. The molecule has 0 aromatic heterocycles. The highest BCUT2D eigenvalue weighted by Crippen LogP contribution is 2.27. The summed E-state index contributed by atoms with van der Waals surface area (Å²) in [5.74, 6) is 0. The zero-order valence-corrected chi connectivity index (χ0v) is 13.1. The summed E-state index contributed by atoms with van der Waals surface area (Å²) < 4.78 is 27.1. The molecular weight excluding hydrogens is 282 g/mol. The standard InChI is InChI=1S/C17H19NO2S/c1-4-12-18(17-11-10-14(2)13-15(17)3)21(19,20)16-8-6-5-7-9-16/h4-11,13H,1,12H2,2-3H3. The van der Waals surface area contributed by atoms with E-state index in [2.05, 4.69) is 6.58 Å². The molecule has 110 valence electrons. The quantitative estimate of drug-likeness (QED) is 0.790. The molecule has 0 amide bonds. The fourth-order valence-corrected chi connectivity index (χ4v) is 3.77. The van der Waals surface area contributed by atoms with Gasteiger partial charge in [0.2, 0.25) is 0 Å². The lowest BCUT2D eigenvalue weighted by Gasteiger charge is -2.25. The fraction of sp³-hybridized carbons (Fsp3) is 0.176. The maximum absolute atomic E-state index is 12.8. The Bertz CT molecular complexity index is 737. The number of benzene rings is 2. The van der Waals surface area contributed by atoms with Gasteiger partial charge in [0.25, 0.3) is 10.0 Å². The first-order valence-corrected chi connectivity index (χ1v) is 8.17. The van der Waals surface area contributed by atoms with Gasteiger partial charge in [-0.1, -0.05) is 42.0 Å². The van der Waals surface area contributed by atoms with Gasteiger partial charge in [-0.25, -0.2) is 8.42 Å². The minimum absolute atomic E-state index is 0.237. The van der Waals surface area contributed by atoms with Crippen LogP contribution < -0.4 is 4.31 Å². The van der Waals surface area contributed by atoms with Crippen LogP contribution in [0.1, 0.15) is 11.1 Å². The Labute approximate surface area is 126 Å². The van der Waals surface area contributed by atoms with Crippen molar-refractivity contribution in [2.24, 2.45) is 0 Å². The second-order valence-corrected chi connectivity index (χ2v) is 6.79. The van der Waals surface area contributed by atoms with Gasteiger partial charge in [0.15, 0.2) is 0 Å². The van der Waals surface area contributed by atoms with E-state index in [9.17, 15) is 8.42 Å². The van der Waals surface area contributed by atoms with Crippen LogP contribution in [-0.2, 0) is 10.0 Å². The number of hydrogen-bond donors (Lipinski definition) is 0. The first kappa shape index (κ1) is 15.3. The smallest absolute Gasteiger partial charge is 0.262 e. The summed E-state index contributed by atoms with van der Waals surface area (Å²) in [6.45, 7) is 7.81. The molecule has 21 heavy (non-hydrogen) atoms. The summed E-state index contributed by atoms with van der Waals surface area (Å²) in [7, 11) is -3.59. The van der Waals surface area contributed by atoms with Crippen LogP contribution in [0, 0.1) is 13.8 Å². The zero-order valence-electron chi connectivity index (χ0n) is 12.3. The highest BCUT2D eigenvalue weighted by atomic mass is 32.2. The molecule has 0 atom stereocenters. The van der Waals surface area contributed by atoms with Gasteiger partial charge in [0.1, 0.15) is 0 Å². The van der Waals surface area contributed by atoms with E-state index in [0.717, 1.165) is 11.1 Å². The van der Waals surface area contributed by atoms with Crippen molar-refractivity contribution in [1.29, 1.82) is 0 Å². The van der Waals surface area contributed by atoms with E-state index in [1.54, 1.807) is 36.4 Å². The zero-order chi connectivity index (χ0) is 15.5. The van der Waals surface area contributed by atoms with Crippen molar-refractivity contribution in [2.75, 3.05) is 10.8 Å². The summed E-state index contributed by atoms with van der Waals surface area (Å²) in [5.41, 5.74) is 2.72. The third-order valence-corrected chi connectivity index (χ3v) is 5.04. The van der Waals surface area contributed by atoms with E-state index >= 15 is 0 Å². The number of aryl methyl sites for hydroxylation is 2. The molecule has 2 rings (SSSR count). The van der Waals surface area contributed by atoms with E-state index < -0.39 is 10.0 Å². The fourth-order valence-electron chi connectivity index (χ4n) is 2.25. The number of hydrogen-bond acceptors (Lipinski definition) is 2. The Kier molecular flexibility index (Phi) is 4.48. The molecule has 2 aromatic rings. The van der Waals surface area contributed by atoms with Crippen LogP contribution in [0.5, 0.6) is 0 Å². The number of rotatable bonds is 5. The largest absolute Gasteiger partial charge is 0.264 e. The lowest BCUT2D eigenvalue weighted by atomic mass is 10.1. The van der Waals surface area contributed by atoms with Gasteiger partial charge in [-0.2, -0.15) is 0 Å². The molecular formula is C17H19NO2S. The molecule has 0 aliphatic rings. The third kappa shape index (κ3) is 3.16. The second kappa shape index (κ2) is 6.14. The first-order valence-electron chi connectivity index (χ1n) is 6.73. The van der Waals surface area contributed by atoms with Gasteiger partial charge in [-0.3, -0.25) is 4.31 Å². The Hall–Kier alpha value is -2.07. The molecule has 0 bridgehead atoms. The average Bonchev–Trinajstić information content (AvgIpc) is 2.46. The van der Waals surface area contributed by atoms with E-state index in [-0.39, 0.29) is 11.4 Å². The maximum atomic E-state index is 12.8. The second-order valence-electron chi connectivity index (χ2n) is 4.93. The number of nitrogens with zero attached hydrogens (tertiary/aromatic N) is 1. The van der Waals surface area contributed by atoms with Crippen LogP contribution in [0.4, 0.5) is 5.69 Å². The Balaban J connectivity index is 2.56. The predicted octanol–water partition coefficient (Wildman–Crippen LogP) is 3.68. The van der Waals surface area contributed by atoms with Crippen LogP contribution in [-0.4, -0.2) is 15.0 Å². The van der Waals surface area contributed by atoms with E-state index in [0.29, 0.717) is 5.69 Å². The van der Waals surface area contributed by atoms with Gasteiger partial charge < -0.3 is 0 Å². The number of sulfonamides is 1. The van der Waals surface area contributed by atoms with Crippen LogP contribution in [0.15, 0.2) is 66.1 Å². The van der Waals surface area contributed by atoms with E-state index in [1.807, 2.05) is 32.0 Å². The van der Waals surface area contributed by atoms with Crippen molar-refractivity contribution in [1.82, 2.24) is 0 Å². The van der Waals surface area contributed by atoms with Crippen molar-refractivity contribution in [2.45, 2.75) is 18.7 Å². The summed E-state index contributed by atoms with van der Waals surface area (Å²) in [5, 5.41) is 0. The van der Waals surface area contributed by atoms with Gasteiger partial charge in [0, 0.05) is 0 Å². The molecule has 0 fully saturated rings. The van der Waals surface area contributed by atoms with E-state index in [1.165, 1.54) is 4.31 Å². The Morgan fingerprint density at radius 1 is 1.10 bits per heavy atom. The van der Waals surface area contributed by atoms with Crippen molar-refractivity contribution in [3.8, 4) is 0 Å². The van der Waals surface area contributed by atoms with Gasteiger partial charge in [-0.15, -0.1) is 6.58 Å². The first-order chi connectivity index (χ1) is 9.96. The molecule has 0 saturated carbocycles. The summed E-state index contributed by atoms with van der Waals surface area (Å²) in [6.07, 6.45) is 1.60. The molecule has 0 aliphatic carbocycles. The molecule has 4 heteroatoms. The highest BCUT2D eigenvalue weighted by Gasteiger charge is 2.24. The molecule has 0 unspecified atom stereocenters. The molecule has 0 N–H and O–H groups in total. The Morgan fingerprint density at radius 3 is 2.33 bits per heavy atom. The molecule has 0 heterocycles. The summed E-state index contributed by atoms with van der Waals surface area (Å²) in [4.78, 5) is 0.284. The highest BCUT2D eigenvalue weighted by molar-refractivity contribution is 7.92. The maximum Gasteiger partial charge on any atom is 0.264 e. The Morgan fingerprint density at radius 2 is 1.76 bits per heavy atom. The topological polar surface area (TPSA) is 37.4 Å². The minimum atomic E-state index is -3.59. The monoisotopic (exact) mass is 301 g/mol. The lowest BCUT2D eigenvalue weighted by Crippen LogP contribution is -2.31. The van der Waals surface area contributed by atoms with Crippen LogP contribution in [0.25, 0.3) is 0 Å². The summed E-state index contributed by atoms with van der Waals surface area (Å²) >= 11 is 0. The van der Waals surface area contributed by atoms with Crippen molar-refractivity contribution in [3.05, 3.63) is 72.3 Å². The molecule has 0 radical (unpaired) electrons. The van der Waals surface area contributed by atoms with Crippen molar-refractivity contribution >= 4 is 15.7 Å². The molecule has 3 nitrogen and oxygen atoms in total. The van der Waals surface area contributed by atoms with Gasteiger partial charge >= 0.3 is 0 Å². The summed E-state index contributed by atoms with van der Waals surface area (Å²) in [6, 6.07) is 14.2. The molecule has 0 aliphatic heterocycles. The normalized spacial score (nSPS) is 11.1. The van der Waals surface area contributed by atoms with Gasteiger partial charge in [0.05, 0.1) is 17.1 Å². The lowest BCUT2D eigenvalue weighted by molar-refractivity contribution is 0.592. The predicted molar refractivity (Wildman–Crippen MR) is 87.1 cm³/mol. The third-order valence-electron chi connectivity index (χ3n) is 3.25. The minimum Gasteiger partial charge on any atom is -0.262 e. The molecule has 0 spiro atoms. The van der Waals surface area contributed by atoms with E-state index in [4.69, 9.17) is 0 Å². The van der Waals surface area contributed by atoms with Crippen LogP contribution in [0.2, 0.25) is 0 Å². The average molecular weight is 301 g/mol. The van der Waals surface area contributed by atoms with Crippen LogP contribution in [0.3, 0.4) is 0 Å². The van der Waals surface area contributed by atoms with Crippen molar-refractivity contribution < 1.29 is 8.42 Å². The van der Waals surface area contributed by atoms with Gasteiger partial charge in [-0.05, 0) is 37.6 Å².